The molecule has 0 radical (unpaired) electrons. The van der Waals surface area contributed by atoms with Crippen LogP contribution < -0.4 is 15.5 Å². The zero-order valence-electron chi connectivity index (χ0n) is 16.5. The average molecular weight is 439 g/mol. The first kappa shape index (κ1) is 20.8. The Morgan fingerprint density at radius 1 is 1.29 bits per heavy atom. The Balaban J connectivity index is 1.59. The number of aliphatic hydroxyl groups excluding tert-OH is 2. The molecular weight excluding hydrogens is 418 g/mol. The van der Waals surface area contributed by atoms with E-state index in [9.17, 15) is 20.1 Å². The van der Waals surface area contributed by atoms with Gasteiger partial charge in [0.05, 0.1) is 0 Å². The monoisotopic (exact) mass is 439 g/mol. The molecule has 10 heteroatoms. The number of amides is 1. The molecule has 160 valence electrons. The highest BCUT2D eigenvalue weighted by Gasteiger charge is 2.32. The zero-order chi connectivity index (χ0) is 22.1. The van der Waals surface area contributed by atoms with Crippen LogP contribution in [0.4, 0.5) is 16.4 Å². The van der Waals surface area contributed by atoms with Gasteiger partial charge >= 0.3 is 0 Å². The number of nitrogens with zero attached hydrogens (tertiary/aromatic N) is 2. The second kappa shape index (κ2) is 8.34. The number of aromatic hydroxyl groups is 1. The van der Waals surface area contributed by atoms with Gasteiger partial charge in [0.15, 0.2) is 0 Å². The molecule has 1 aliphatic rings. The summed E-state index contributed by atoms with van der Waals surface area (Å²) in [6.45, 7) is 1.46. The predicted octanol–water partition coefficient (Wildman–Crippen LogP) is 2.37. The molecule has 3 aromatic rings. The lowest BCUT2D eigenvalue weighted by molar-refractivity contribution is 0.0904. The minimum atomic E-state index is -0.977. The number of anilines is 3. The van der Waals surface area contributed by atoms with Crippen LogP contribution in [0.5, 0.6) is 5.88 Å². The van der Waals surface area contributed by atoms with Gasteiger partial charge in [-0.3, -0.25) is 15.1 Å². The Bertz CT molecular complexity index is 1150. The number of amidine groups is 1. The van der Waals surface area contributed by atoms with E-state index in [4.69, 9.17) is 5.41 Å². The van der Waals surface area contributed by atoms with E-state index in [0.717, 1.165) is 17.1 Å². The maximum Gasteiger partial charge on any atom is 0.260 e. The number of hydrogen-bond acceptors (Lipinski definition) is 8. The van der Waals surface area contributed by atoms with Gasteiger partial charge in [-0.1, -0.05) is 24.3 Å². The van der Waals surface area contributed by atoms with Crippen LogP contribution in [0.1, 0.15) is 28.4 Å². The van der Waals surface area contributed by atoms with Crippen molar-refractivity contribution in [3.05, 3.63) is 65.2 Å². The standard InChI is InChI=1S/C21H21N5O4S/c1-11(27)23-18(22)17-19(29)25-31-20(17)24-14-7-4-6-13(9-14)21(30)26-15-8-3-2-5-12(15)10-16(26)28/h2-9,11,16,24,27-28H,10H2,1H3,(H2,22,23)(H,25,29). The van der Waals surface area contributed by atoms with E-state index in [2.05, 4.69) is 15.0 Å². The van der Waals surface area contributed by atoms with Crippen molar-refractivity contribution in [1.82, 2.24) is 9.69 Å². The number of carbonyl (C=O) groups excluding carboxylic acids is 1. The second-order valence-corrected chi connectivity index (χ2v) is 7.87. The van der Waals surface area contributed by atoms with Crippen LogP contribution in [-0.4, -0.2) is 43.9 Å². The molecule has 1 aliphatic heterocycles. The third-order valence-electron chi connectivity index (χ3n) is 4.82. The molecule has 2 heterocycles. The molecule has 0 bridgehead atoms. The van der Waals surface area contributed by atoms with Crippen molar-refractivity contribution in [2.24, 2.45) is 0 Å². The molecule has 6 N–H and O–H groups in total. The Hall–Kier alpha value is -3.47. The van der Waals surface area contributed by atoms with Crippen LogP contribution >= 0.6 is 11.5 Å². The van der Waals surface area contributed by atoms with E-state index < -0.39 is 12.5 Å². The summed E-state index contributed by atoms with van der Waals surface area (Å²) in [5.74, 6) is -0.862. The summed E-state index contributed by atoms with van der Waals surface area (Å²) in [5.41, 5.74) is 2.62. The van der Waals surface area contributed by atoms with Crippen molar-refractivity contribution in [2.75, 3.05) is 10.2 Å². The highest BCUT2D eigenvalue weighted by Crippen LogP contribution is 2.34. The fraction of sp³-hybridized carbons (Fsp3) is 0.190. The highest BCUT2D eigenvalue weighted by molar-refractivity contribution is 7.11. The minimum Gasteiger partial charge on any atom is -0.492 e. The third-order valence-corrected chi connectivity index (χ3v) is 5.57. The fourth-order valence-corrected chi connectivity index (χ4v) is 4.20. The summed E-state index contributed by atoms with van der Waals surface area (Å²) in [4.78, 5) is 14.5. The smallest absolute Gasteiger partial charge is 0.260 e. The molecule has 0 aliphatic carbocycles. The van der Waals surface area contributed by atoms with E-state index in [0.29, 0.717) is 28.4 Å². The van der Waals surface area contributed by atoms with Gasteiger partial charge in [0.2, 0.25) is 5.88 Å². The quantitative estimate of drug-likeness (QED) is 0.204. The second-order valence-electron chi connectivity index (χ2n) is 7.10. The lowest BCUT2D eigenvalue weighted by Gasteiger charge is -2.22. The van der Waals surface area contributed by atoms with Crippen LogP contribution in [0.3, 0.4) is 0 Å². The molecule has 0 saturated carbocycles. The number of carbonyl (C=O) groups is 1. The lowest BCUT2D eigenvalue weighted by Crippen LogP contribution is -2.37. The molecule has 31 heavy (non-hydrogen) atoms. The van der Waals surface area contributed by atoms with Crippen molar-refractivity contribution >= 4 is 39.7 Å². The number of hydrogen-bond donors (Lipinski definition) is 6. The average Bonchev–Trinajstić information content (AvgIpc) is 3.25. The molecule has 2 unspecified atom stereocenters. The van der Waals surface area contributed by atoms with Crippen molar-refractivity contribution in [3.63, 3.8) is 0 Å². The predicted molar refractivity (Wildman–Crippen MR) is 118 cm³/mol. The first-order valence-electron chi connectivity index (χ1n) is 9.54. The van der Waals surface area contributed by atoms with Crippen LogP contribution in [-0.2, 0) is 6.42 Å². The molecule has 9 nitrogen and oxygen atoms in total. The summed E-state index contributed by atoms with van der Waals surface area (Å²) in [7, 11) is 0. The molecule has 2 aromatic carbocycles. The Morgan fingerprint density at radius 2 is 2.06 bits per heavy atom. The van der Waals surface area contributed by atoms with Gasteiger partial charge in [0, 0.05) is 23.4 Å². The van der Waals surface area contributed by atoms with E-state index in [1.54, 1.807) is 30.3 Å². The number of benzene rings is 2. The summed E-state index contributed by atoms with van der Waals surface area (Å²) in [6.07, 6.45) is -1.53. The molecular formula is C21H21N5O4S. The third kappa shape index (κ3) is 4.08. The molecule has 0 fully saturated rings. The Morgan fingerprint density at radius 3 is 2.84 bits per heavy atom. The first-order chi connectivity index (χ1) is 14.8. The molecule has 4 rings (SSSR count). The van der Waals surface area contributed by atoms with Crippen LogP contribution in [0.2, 0.25) is 0 Å². The number of para-hydroxylation sites is 1. The minimum absolute atomic E-state index is 0.117. The Kier molecular flexibility index (Phi) is 5.59. The number of nitrogens with one attached hydrogen (secondary N) is 3. The molecule has 0 saturated heterocycles. The molecule has 0 spiro atoms. The van der Waals surface area contributed by atoms with Crippen molar-refractivity contribution < 1.29 is 20.1 Å². The van der Waals surface area contributed by atoms with E-state index in [1.165, 1.54) is 11.8 Å². The van der Waals surface area contributed by atoms with Gasteiger partial charge in [-0.15, -0.1) is 0 Å². The van der Waals surface area contributed by atoms with Crippen LogP contribution in [0, 0.1) is 5.41 Å². The number of fused-ring (bicyclic) bond motifs is 1. The topological polar surface area (TPSA) is 142 Å². The molecule has 1 aromatic heterocycles. The van der Waals surface area contributed by atoms with Crippen molar-refractivity contribution in [1.29, 1.82) is 5.41 Å². The Labute approximate surface area is 182 Å². The van der Waals surface area contributed by atoms with Crippen LogP contribution in [0.15, 0.2) is 48.5 Å². The van der Waals surface area contributed by atoms with Gasteiger partial charge < -0.3 is 26.0 Å². The summed E-state index contributed by atoms with van der Waals surface area (Å²) in [5, 5.41) is 43.9. The van der Waals surface area contributed by atoms with Gasteiger partial charge in [-0.05, 0) is 48.3 Å². The highest BCUT2D eigenvalue weighted by atomic mass is 32.1. The number of aliphatic hydroxyl groups is 2. The van der Waals surface area contributed by atoms with Crippen molar-refractivity contribution in [2.45, 2.75) is 25.8 Å². The molecule has 2 atom stereocenters. The maximum atomic E-state index is 13.1. The van der Waals surface area contributed by atoms with Crippen LogP contribution in [0.25, 0.3) is 0 Å². The van der Waals surface area contributed by atoms with E-state index in [-0.39, 0.29) is 23.2 Å². The summed E-state index contributed by atoms with van der Waals surface area (Å²) < 4.78 is 3.86. The van der Waals surface area contributed by atoms with Crippen molar-refractivity contribution in [3.8, 4) is 5.88 Å². The fourth-order valence-electron chi connectivity index (χ4n) is 3.49. The van der Waals surface area contributed by atoms with Gasteiger partial charge in [-0.25, -0.2) is 0 Å². The van der Waals surface area contributed by atoms with Gasteiger partial charge in [0.25, 0.3) is 5.91 Å². The first-order valence-corrected chi connectivity index (χ1v) is 10.3. The summed E-state index contributed by atoms with van der Waals surface area (Å²) >= 11 is 0.948. The van der Waals surface area contributed by atoms with E-state index >= 15 is 0 Å². The van der Waals surface area contributed by atoms with E-state index in [1.807, 2.05) is 18.2 Å². The lowest BCUT2D eigenvalue weighted by atomic mass is 10.1. The van der Waals surface area contributed by atoms with Gasteiger partial charge in [0.1, 0.15) is 28.9 Å². The zero-order valence-corrected chi connectivity index (χ0v) is 17.3. The normalized spacial score (nSPS) is 16.0. The van der Waals surface area contributed by atoms with Gasteiger partial charge in [-0.2, -0.15) is 4.37 Å². The summed E-state index contributed by atoms with van der Waals surface area (Å²) in [6, 6.07) is 14.1. The maximum absolute atomic E-state index is 13.1. The number of aromatic nitrogens is 1. The number of rotatable bonds is 5. The molecule has 1 amide bonds. The SMILES string of the molecule is CC(O)NC(=N)c1c(O)nsc1Nc1cccc(C(=O)N2c3ccccc3CC2O)c1. The largest absolute Gasteiger partial charge is 0.492 e.